The molecule has 0 bridgehead atoms. The first-order chi connectivity index (χ1) is 10.2. The molecule has 0 spiro atoms. The van der Waals surface area contributed by atoms with Gasteiger partial charge in [-0.1, -0.05) is 66.7 Å². The van der Waals surface area contributed by atoms with Crippen LogP contribution in [0.2, 0.25) is 0 Å². The van der Waals surface area contributed by atoms with Gasteiger partial charge >= 0.3 is 5.97 Å². The van der Waals surface area contributed by atoms with Gasteiger partial charge in [-0.25, -0.2) is 0 Å². The molecule has 21 heavy (non-hydrogen) atoms. The van der Waals surface area contributed by atoms with Crippen LogP contribution >= 0.6 is 0 Å². The molecule has 0 heterocycles. The van der Waals surface area contributed by atoms with Crippen LogP contribution in [0.1, 0.15) is 24.2 Å². The summed E-state index contributed by atoms with van der Waals surface area (Å²) in [5.41, 5.74) is 7.22. The zero-order valence-corrected chi connectivity index (χ0v) is 12.0. The van der Waals surface area contributed by atoms with Gasteiger partial charge in [0.1, 0.15) is 0 Å². The van der Waals surface area contributed by atoms with Gasteiger partial charge in [0.25, 0.3) is 0 Å². The highest BCUT2D eigenvalue weighted by atomic mass is 16.5. The van der Waals surface area contributed by atoms with Gasteiger partial charge in [0.15, 0.2) is 6.10 Å². The van der Waals surface area contributed by atoms with Gasteiger partial charge in [0, 0.05) is 0 Å². The highest BCUT2D eigenvalue weighted by molar-refractivity contribution is 5.74. The molecule has 0 saturated heterocycles. The first-order valence-electron chi connectivity index (χ1n) is 6.91. The monoisotopic (exact) mass is 281 g/mol. The molecule has 108 valence electrons. The molecule has 0 amide bonds. The molecule has 3 heteroatoms. The van der Waals surface area contributed by atoms with E-state index in [1.165, 1.54) is 6.20 Å². The standard InChI is InChI=1S/C18H19NO2/c1-14(12-13-19)18(20)21-17(15-8-4-2-5-9-15)16-10-6-3-7-11-16/h2-14,17H,19H2,1H3/b13-12+. The Bertz CT molecular complexity index is 554. The van der Waals surface area contributed by atoms with E-state index in [4.69, 9.17) is 10.5 Å². The largest absolute Gasteiger partial charge is 0.452 e. The highest BCUT2D eigenvalue weighted by Gasteiger charge is 2.21. The SMILES string of the molecule is CC(/C=C/N)C(=O)OC(c1ccccc1)c1ccccc1. The molecule has 0 aliphatic carbocycles. The number of rotatable bonds is 5. The summed E-state index contributed by atoms with van der Waals surface area (Å²) < 4.78 is 5.69. The smallest absolute Gasteiger partial charge is 0.313 e. The number of carbonyl (C=O) groups is 1. The molecular weight excluding hydrogens is 262 g/mol. The summed E-state index contributed by atoms with van der Waals surface area (Å²) in [4.78, 5) is 12.2. The second kappa shape index (κ2) is 7.29. The zero-order valence-electron chi connectivity index (χ0n) is 12.0. The van der Waals surface area contributed by atoms with Crippen molar-refractivity contribution in [3.8, 4) is 0 Å². The second-order valence-electron chi connectivity index (χ2n) is 4.81. The lowest BCUT2D eigenvalue weighted by Gasteiger charge is -2.20. The van der Waals surface area contributed by atoms with Crippen molar-refractivity contribution in [2.45, 2.75) is 13.0 Å². The summed E-state index contributed by atoms with van der Waals surface area (Å²) in [6.07, 6.45) is 2.58. The summed E-state index contributed by atoms with van der Waals surface area (Å²) in [6.45, 7) is 1.76. The lowest BCUT2D eigenvalue weighted by molar-refractivity contribution is -0.150. The Morgan fingerprint density at radius 2 is 1.48 bits per heavy atom. The lowest BCUT2D eigenvalue weighted by Crippen LogP contribution is -2.18. The van der Waals surface area contributed by atoms with Crippen LogP contribution < -0.4 is 5.73 Å². The maximum absolute atomic E-state index is 12.2. The van der Waals surface area contributed by atoms with Gasteiger partial charge in [0.05, 0.1) is 5.92 Å². The third-order valence-electron chi connectivity index (χ3n) is 3.21. The number of benzene rings is 2. The number of nitrogens with two attached hydrogens (primary N) is 1. The minimum absolute atomic E-state index is 0.297. The van der Waals surface area contributed by atoms with Crippen LogP contribution in [0.3, 0.4) is 0 Å². The maximum Gasteiger partial charge on any atom is 0.313 e. The summed E-state index contributed by atoms with van der Waals surface area (Å²) in [5, 5.41) is 0. The Hall–Kier alpha value is -2.55. The Kier molecular flexibility index (Phi) is 5.16. The average molecular weight is 281 g/mol. The molecule has 2 aromatic rings. The predicted molar refractivity (Wildman–Crippen MR) is 83.3 cm³/mol. The topological polar surface area (TPSA) is 52.3 Å². The molecule has 1 unspecified atom stereocenters. The minimum Gasteiger partial charge on any atom is -0.452 e. The Morgan fingerprint density at radius 3 is 1.90 bits per heavy atom. The van der Waals surface area contributed by atoms with Gasteiger partial charge in [-0.15, -0.1) is 0 Å². The molecule has 0 aliphatic rings. The van der Waals surface area contributed by atoms with E-state index in [2.05, 4.69) is 0 Å². The molecule has 3 nitrogen and oxygen atoms in total. The van der Waals surface area contributed by atoms with Crippen molar-refractivity contribution in [2.75, 3.05) is 0 Å². The average Bonchev–Trinajstić information content (AvgIpc) is 2.54. The third-order valence-corrected chi connectivity index (χ3v) is 3.21. The van der Waals surface area contributed by atoms with Crippen LogP contribution in [0.4, 0.5) is 0 Å². The Labute approximate surface area is 125 Å². The van der Waals surface area contributed by atoms with Crippen molar-refractivity contribution in [3.05, 3.63) is 84.1 Å². The Morgan fingerprint density at radius 1 is 1.00 bits per heavy atom. The van der Waals surface area contributed by atoms with Crippen LogP contribution in [-0.2, 0) is 9.53 Å². The normalized spacial score (nSPS) is 12.5. The summed E-state index contributed by atoms with van der Waals surface area (Å²) in [6, 6.07) is 19.4. The van der Waals surface area contributed by atoms with Crippen molar-refractivity contribution in [2.24, 2.45) is 11.7 Å². The fourth-order valence-corrected chi connectivity index (χ4v) is 2.05. The van der Waals surface area contributed by atoms with Crippen LogP contribution in [0.25, 0.3) is 0 Å². The van der Waals surface area contributed by atoms with Gasteiger partial charge in [0.2, 0.25) is 0 Å². The minimum atomic E-state index is -0.409. The van der Waals surface area contributed by atoms with Crippen molar-refractivity contribution in [1.29, 1.82) is 0 Å². The lowest BCUT2D eigenvalue weighted by atomic mass is 10.0. The molecule has 0 fully saturated rings. The van der Waals surface area contributed by atoms with E-state index in [0.717, 1.165) is 11.1 Å². The van der Waals surface area contributed by atoms with Crippen LogP contribution in [0, 0.1) is 5.92 Å². The molecule has 0 saturated carbocycles. The number of hydrogen-bond donors (Lipinski definition) is 1. The third kappa shape index (κ3) is 3.96. The van der Waals surface area contributed by atoms with Gasteiger partial charge < -0.3 is 10.5 Å². The first kappa shape index (κ1) is 14.9. The summed E-state index contributed by atoms with van der Waals surface area (Å²) >= 11 is 0. The van der Waals surface area contributed by atoms with Gasteiger partial charge in [-0.05, 0) is 24.3 Å². The van der Waals surface area contributed by atoms with Crippen molar-refractivity contribution in [1.82, 2.24) is 0 Å². The zero-order chi connectivity index (χ0) is 15.1. The van der Waals surface area contributed by atoms with E-state index < -0.39 is 6.10 Å². The van der Waals surface area contributed by atoms with Gasteiger partial charge in [-0.2, -0.15) is 0 Å². The maximum atomic E-state index is 12.2. The molecule has 2 aromatic carbocycles. The van der Waals surface area contributed by atoms with E-state index in [1.54, 1.807) is 13.0 Å². The van der Waals surface area contributed by atoms with E-state index in [9.17, 15) is 4.79 Å². The fourth-order valence-electron chi connectivity index (χ4n) is 2.05. The van der Waals surface area contributed by atoms with E-state index in [0.29, 0.717) is 0 Å². The van der Waals surface area contributed by atoms with E-state index in [-0.39, 0.29) is 11.9 Å². The van der Waals surface area contributed by atoms with E-state index >= 15 is 0 Å². The Balaban J connectivity index is 2.27. The molecular formula is C18H19NO2. The molecule has 0 aliphatic heterocycles. The highest BCUT2D eigenvalue weighted by Crippen LogP contribution is 2.26. The van der Waals surface area contributed by atoms with Crippen LogP contribution in [0.15, 0.2) is 72.9 Å². The molecule has 2 rings (SSSR count). The molecule has 0 aromatic heterocycles. The van der Waals surface area contributed by atoms with Crippen molar-refractivity contribution < 1.29 is 9.53 Å². The summed E-state index contributed by atoms with van der Waals surface area (Å²) in [7, 11) is 0. The number of hydrogen-bond acceptors (Lipinski definition) is 3. The number of esters is 1. The summed E-state index contributed by atoms with van der Waals surface area (Å²) in [5.74, 6) is -0.667. The van der Waals surface area contributed by atoms with Crippen LogP contribution in [-0.4, -0.2) is 5.97 Å². The molecule has 1 atom stereocenters. The predicted octanol–water partition coefficient (Wildman–Crippen LogP) is 3.43. The number of carbonyl (C=O) groups excluding carboxylic acids is 1. The number of ether oxygens (including phenoxy) is 1. The quantitative estimate of drug-likeness (QED) is 0.854. The molecule has 2 N–H and O–H groups in total. The van der Waals surface area contributed by atoms with Gasteiger partial charge in [-0.3, -0.25) is 4.79 Å². The van der Waals surface area contributed by atoms with E-state index in [1.807, 2.05) is 60.7 Å². The van der Waals surface area contributed by atoms with Crippen LogP contribution in [0.5, 0.6) is 0 Å². The molecule has 0 radical (unpaired) electrons. The van der Waals surface area contributed by atoms with Crippen molar-refractivity contribution >= 4 is 5.97 Å². The second-order valence-corrected chi connectivity index (χ2v) is 4.81. The fraction of sp³-hybridized carbons (Fsp3) is 0.167. The first-order valence-corrected chi connectivity index (χ1v) is 6.91. The van der Waals surface area contributed by atoms with Crippen molar-refractivity contribution in [3.63, 3.8) is 0 Å².